The zero-order chi connectivity index (χ0) is 16.2. The van der Waals surface area contributed by atoms with Crippen molar-refractivity contribution < 1.29 is 14.3 Å². The number of ether oxygens (including phenoxy) is 1. The second kappa shape index (κ2) is 6.86. The number of benzene rings is 1. The normalized spacial score (nSPS) is 18.1. The van der Waals surface area contributed by atoms with Crippen LogP contribution in [0.1, 0.15) is 25.3 Å². The van der Waals surface area contributed by atoms with Crippen molar-refractivity contribution in [2.24, 2.45) is 5.92 Å². The summed E-state index contributed by atoms with van der Waals surface area (Å²) < 4.78 is 5.09. The van der Waals surface area contributed by atoms with Crippen LogP contribution in [-0.2, 0) is 20.7 Å². The number of nitrogens with one attached hydrogen (secondary N) is 1. The fraction of sp³-hybridized carbons (Fsp3) is 0.444. The largest absolute Gasteiger partial charge is 0.466 e. The van der Waals surface area contributed by atoms with Crippen molar-refractivity contribution in [1.82, 2.24) is 9.88 Å². The third-order valence-electron chi connectivity index (χ3n) is 4.41. The quantitative estimate of drug-likeness (QED) is 0.882. The molecule has 0 unspecified atom stereocenters. The summed E-state index contributed by atoms with van der Waals surface area (Å²) in [5.41, 5.74) is 2.04. The van der Waals surface area contributed by atoms with E-state index in [1.54, 1.807) is 11.8 Å². The summed E-state index contributed by atoms with van der Waals surface area (Å²) >= 11 is 0. The van der Waals surface area contributed by atoms with Gasteiger partial charge in [-0.05, 0) is 31.4 Å². The third-order valence-corrected chi connectivity index (χ3v) is 4.41. The number of fused-ring (bicyclic) bond motifs is 1. The van der Waals surface area contributed by atoms with E-state index in [1.807, 2.05) is 30.5 Å². The van der Waals surface area contributed by atoms with E-state index < -0.39 is 0 Å². The summed E-state index contributed by atoms with van der Waals surface area (Å²) in [5.74, 6) is -0.295. The molecule has 1 aliphatic heterocycles. The average Bonchev–Trinajstić information content (AvgIpc) is 2.98. The summed E-state index contributed by atoms with van der Waals surface area (Å²) in [4.78, 5) is 29.5. The molecule has 1 amide bonds. The Labute approximate surface area is 135 Å². The van der Waals surface area contributed by atoms with Gasteiger partial charge in [0.25, 0.3) is 0 Å². The summed E-state index contributed by atoms with van der Waals surface area (Å²) in [6.45, 7) is 3.39. The number of hydrogen-bond donors (Lipinski definition) is 1. The number of esters is 1. The van der Waals surface area contributed by atoms with Crippen LogP contribution in [0.2, 0.25) is 0 Å². The fourth-order valence-corrected chi connectivity index (χ4v) is 3.21. The number of rotatable bonds is 4. The molecule has 0 radical (unpaired) electrons. The van der Waals surface area contributed by atoms with Crippen LogP contribution < -0.4 is 0 Å². The van der Waals surface area contributed by atoms with Crippen molar-refractivity contribution >= 4 is 22.8 Å². The molecule has 1 saturated heterocycles. The topological polar surface area (TPSA) is 62.4 Å². The number of carbonyl (C=O) groups excluding carboxylic acids is 2. The van der Waals surface area contributed by atoms with Crippen molar-refractivity contribution in [3.8, 4) is 0 Å². The number of amides is 1. The Balaban J connectivity index is 1.67. The molecule has 0 aliphatic carbocycles. The van der Waals surface area contributed by atoms with Crippen LogP contribution in [0.25, 0.3) is 10.9 Å². The van der Waals surface area contributed by atoms with E-state index in [-0.39, 0.29) is 17.8 Å². The third kappa shape index (κ3) is 3.38. The number of hydrogen-bond acceptors (Lipinski definition) is 3. The standard InChI is InChI=1S/C18H22N2O3/c1-2-23-18(22)13-6-5-9-20(12-13)17(21)10-14-11-19-16-8-4-3-7-15(14)16/h3-4,7-8,11,13,19H,2,5-6,9-10,12H2,1H3/t13-/m0/s1. The Hall–Kier alpha value is -2.30. The molecule has 1 aromatic carbocycles. The van der Waals surface area contributed by atoms with Gasteiger partial charge in [-0.2, -0.15) is 0 Å². The molecule has 122 valence electrons. The Kier molecular flexibility index (Phi) is 4.65. The van der Waals surface area contributed by atoms with Gasteiger partial charge in [0.15, 0.2) is 0 Å². The average molecular weight is 314 g/mol. The van der Waals surface area contributed by atoms with E-state index in [1.165, 1.54) is 0 Å². The second-order valence-electron chi connectivity index (χ2n) is 5.97. The lowest BCUT2D eigenvalue weighted by atomic mass is 9.97. The minimum absolute atomic E-state index is 0.0729. The van der Waals surface area contributed by atoms with Crippen molar-refractivity contribution in [2.75, 3.05) is 19.7 Å². The van der Waals surface area contributed by atoms with E-state index in [0.29, 0.717) is 19.6 Å². The van der Waals surface area contributed by atoms with Gasteiger partial charge in [-0.15, -0.1) is 0 Å². The van der Waals surface area contributed by atoms with Crippen molar-refractivity contribution in [3.05, 3.63) is 36.0 Å². The second-order valence-corrected chi connectivity index (χ2v) is 5.97. The first-order chi connectivity index (χ1) is 11.2. The number of likely N-dealkylation sites (tertiary alicyclic amines) is 1. The Morgan fingerprint density at radius 3 is 3.00 bits per heavy atom. The van der Waals surface area contributed by atoms with Crippen LogP contribution in [0.15, 0.2) is 30.5 Å². The van der Waals surface area contributed by atoms with Gasteiger partial charge in [0.2, 0.25) is 5.91 Å². The van der Waals surface area contributed by atoms with Gasteiger partial charge in [-0.25, -0.2) is 0 Å². The lowest BCUT2D eigenvalue weighted by molar-refractivity contribution is -0.151. The van der Waals surface area contributed by atoms with Crippen LogP contribution in [0.5, 0.6) is 0 Å². The zero-order valence-electron chi connectivity index (χ0n) is 13.4. The van der Waals surface area contributed by atoms with Crippen LogP contribution in [0.4, 0.5) is 0 Å². The van der Waals surface area contributed by atoms with Crippen molar-refractivity contribution in [1.29, 1.82) is 0 Å². The van der Waals surface area contributed by atoms with Crippen LogP contribution in [-0.4, -0.2) is 41.5 Å². The van der Waals surface area contributed by atoms with Gasteiger partial charge in [0, 0.05) is 30.2 Å². The van der Waals surface area contributed by atoms with E-state index in [2.05, 4.69) is 4.98 Å². The molecule has 1 fully saturated rings. The number of nitrogens with zero attached hydrogens (tertiary/aromatic N) is 1. The Bertz CT molecular complexity index is 707. The summed E-state index contributed by atoms with van der Waals surface area (Å²) in [6, 6.07) is 7.97. The Morgan fingerprint density at radius 1 is 1.35 bits per heavy atom. The van der Waals surface area contributed by atoms with Crippen molar-refractivity contribution in [2.45, 2.75) is 26.2 Å². The molecule has 1 aromatic heterocycles. The molecule has 0 saturated carbocycles. The highest BCUT2D eigenvalue weighted by atomic mass is 16.5. The van der Waals surface area contributed by atoms with Gasteiger partial charge in [-0.1, -0.05) is 18.2 Å². The molecule has 5 nitrogen and oxygen atoms in total. The molecular weight excluding hydrogens is 292 g/mol. The lowest BCUT2D eigenvalue weighted by Gasteiger charge is -2.31. The van der Waals surface area contributed by atoms with Gasteiger partial charge in [0.05, 0.1) is 18.9 Å². The zero-order valence-corrected chi connectivity index (χ0v) is 13.4. The minimum atomic E-state index is -0.185. The fourth-order valence-electron chi connectivity index (χ4n) is 3.21. The van der Waals surface area contributed by atoms with E-state index in [4.69, 9.17) is 4.74 Å². The van der Waals surface area contributed by atoms with E-state index in [0.717, 1.165) is 35.9 Å². The molecular formula is C18H22N2O3. The SMILES string of the molecule is CCOC(=O)[C@H]1CCCN(C(=O)Cc2c[nH]c3ccccc23)C1. The molecule has 2 heterocycles. The number of H-pyrrole nitrogens is 1. The highest BCUT2D eigenvalue weighted by Crippen LogP contribution is 2.22. The molecule has 23 heavy (non-hydrogen) atoms. The molecule has 1 aliphatic rings. The maximum Gasteiger partial charge on any atom is 0.310 e. The van der Waals surface area contributed by atoms with Crippen LogP contribution >= 0.6 is 0 Å². The smallest absolute Gasteiger partial charge is 0.310 e. The van der Waals surface area contributed by atoms with Gasteiger partial charge < -0.3 is 14.6 Å². The minimum Gasteiger partial charge on any atom is -0.466 e. The molecule has 0 bridgehead atoms. The van der Waals surface area contributed by atoms with E-state index >= 15 is 0 Å². The predicted octanol–water partition coefficient (Wildman–Crippen LogP) is 2.51. The highest BCUT2D eigenvalue weighted by molar-refractivity contribution is 5.89. The summed E-state index contributed by atoms with van der Waals surface area (Å²) in [5, 5.41) is 1.08. The molecule has 0 spiro atoms. The predicted molar refractivity (Wildman–Crippen MR) is 87.9 cm³/mol. The van der Waals surface area contributed by atoms with Crippen LogP contribution in [0, 0.1) is 5.92 Å². The van der Waals surface area contributed by atoms with Crippen molar-refractivity contribution in [3.63, 3.8) is 0 Å². The first kappa shape index (κ1) is 15.6. The monoisotopic (exact) mass is 314 g/mol. The van der Waals surface area contributed by atoms with Gasteiger partial charge in [0.1, 0.15) is 0 Å². The molecule has 1 N–H and O–H groups in total. The van der Waals surface area contributed by atoms with Crippen LogP contribution in [0.3, 0.4) is 0 Å². The van der Waals surface area contributed by atoms with Gasteiger partial charge in [-0.3, -0.25) is 9.59 Å². The number of piperidine rings is 1. The first-order valence-corrected chi connectivity index (χ1v) is 8.18. The molecule has 2 aromatic rings. The highest BCUT2D eigenvalue weighted by Gasteiger charge is 2.29. The molecule has 3 rings (SSSR count). The number of carbonyl (C=O) groups is 2. The van der Waals surface area contributed by atoms with E-state index in [9.17, 15) is 9.59 Å². The number of aromatic nitrogens is 1. The summed E-state index contributed by atoms with van der Waals surface area (Å²) in [6.07, 6.45) is 3.91. The number of para-hydroxylation sites is 1. The first-order valence-electron chi connectivity index (χ1n) is 8.18. The van der Waals surface area contributed by atoms with Gasteiger partial charge >= 0.3 is 5.97 Å². The lowest BCUT2D eigenvalue weighted by Crippen LogP contribution is -2.43. The molecule has 5 heteroatoms. The summed E-state index contributed by atoms with van der Waals surface area (Å²) in [7, 11) is 0. The number of aromatic amines is 1. The maximum atomic E-state index is 12.6. The Morgan fingerprint density at radius 2 is 2.17 bits per heavy atom. The molecule has 1 atom stereocenters. The maximum absolute atomic E-state index is 12.6.